The Hall–Kier alpha value is -5.42. The van der Waals surface area contributed by atoms with E-state index in [1.54, 1.807) is 12.1 Å². The van der Waals surface area contributed by atoms with E-state index in [0.29, 0.717) is 0 Å². The summed E-state index contributed by atoms with van der Waals surface area (Å²) in [6, 6.07) is 33.2. The second kappa shape index (κ2) is 8.08. The second-order valence-corrected chi connectivity index (χ2v) is 11.5. The van der Waals surface area contributed by atoms with Crippen molar-refractivity contribution in [2.75, 3.05) is 0 Å². The van der Waals surface area contributed by atoms with Crippen molar-refractivity contribution in [2.45, 2.75) is 20.8 Å². The molecule has 202 valence electrons. The van der Waals surface area contributed by atoms with Crippen LogP contribution in [0.3, 0.4) is 0 Å². The Labute approximate surface area is 240 Å². The fourth-order valence-electron chi connectivity index (χ4n) is 6.58. The molecule has 0 radical (unpaired) electrons. The highest BCUT2D eigenvalue weighted by atomic mass is 16.3. The van der Waals surface area contributed by atoms with Gasteiger partial charge in [-0.05, 0) is 105 Å². The van der Waals surface area contributed by atoms with Crippen LogP contribution in [-0.4, -0.2) is 14.2 Å². The summed E-state index contributed by atoms with van der Waals surface area (Å²) < 4.78 is 17.8. The van der Waals surface area contributed by atoms with E-state index in [1.165, 1.54) is 11.1 Å². The molecule has 5 aromatic carbocycles. The van der Waals surface area contributed by atoms with Crippen molar-refractivity contribution in [1.82, 2.24) is 9.13 Å². The smallest absolute Gasteiger partial charge is 0.161 e. The Balaban J connectivity index is 1.47. The van der Waals surface area contributed by atoms with Gasteiger partial charge >= 0.3 is 0 Å². The van der Waals surface area contributed by atoms with Gasteiger partial charge in [0.2, 0.25) is 0 Å². The van der Waals surface area contributed by atoms with Crippen LogP contribution in [0.4, 0.5) is 0 Å². The number of nitrogens with zero attached hydrogens (tertiary/aromatic N) is 2. The molecule has 0 unspecified atom stereocenters. The first kappa shape index (κ1) is 23.3. The number of aromatic hydroxyl groups is 1. The minimum Gasteiger partial charge on any atom is -0.508 e. The summed E-state index contributed by atoms with van der Waals surface area (Å²) in [5, 5.41) is 14.2. The molecule has 0 bridgehead atoms. The van der Waals surface area contributed by atoms with Gasteiger partial charge < -0.3 is 23.1 Å². The van der Waals surface area contributed by atoms with E-state index in [4.69, 9.17) is 8.83 Å². The van der Waals surface area contributed by atoms with Gasteiger partial charge in [-0.15, -0.1) is 0 Å². The van der Waals surface area contributed by atoms with Crippen molar-refractivity contribution in [1.29, 1.82) is 0 Å². The molecule has 0 atom stereocenters. The van der Waals surface area contributed by atoms with E-state index in [2.05, 4.69) is 103 Å². The number of aromatic nitrogens is 2. The van der Waals surface area contributed by atoms with E-state index < -0.39 is 0 Å². The zero-order chi connectivity index (χ0) is 28.3. The number of phenols is 1. The number of phenolic OH excluding ortho intramolecular Hbond substituents is 1. The van der Waals surface area contributed by atoms with Gasteiger partial charge in [0, 0.05) is 32.9 Å². The fraction of sp³-hybridized carbons (Fsp3) is 0.0811. The first-order valence-electron chi connectivity index (χ1n) is 14.2. The highest BCUT2D eigenvalue weighted by Gasteiger charge is 2.24. The van der Waals surface area contributed by atoms with Crippen molar-refractivity contribution in [3.63, 3.8) is 0 Å². The minimum absolute atomic E-state index is 0.232. The van der Waals surface area contributed by atoms with Crippen LogP contribution in [0.1, 0.15) is 16.7 Å². The third-order valence-corrected chi connectivity index (χ3v) is 8.57. The average molecular weight is 547 g/mol. The van der Waals surface area contributed by atoms with E-state index >= 15 is 0 Å². The Morgan fingerprint density at radius 1 is 0.476 bits per heavy atom. The topological polar surface area (TPSA) is 56.4 Å². The molecule has 0 aliphatic rings. The molecular formula is C37H26N2O3. The normalized spacial score (nSPS) is 12.3. The Morgan fingerprint density at radius 2 is 1.00 bits per heavy atom. The summed E-state index contributed by atoms with van der Waals surface area (Å²) in [7, 11) is 0. The van der Waals surface area contributed by atoms with Crippen molar-refractivity contribution < 1.29 is 13.9 Å². The molecule has 42 heavy (non-hydrogen) atoms. The maximum absolute atomic E-state index is 10.1. The summed E-state index contributed by atoms with van der Waals surface area (Å²) in [5.41, 5.74) is 13.2. The second-order valence-electron chi connectivity index (χ2n) is 11.5. The molecule has 0 saturated carbocycles. The molecule has 0 fully saturated rings. The molecule has 1 N–H and O–H groups in total. The van der Waals surface area contributed by atoms with Gasteiger partial charge in [0.1, 0.15) is 27.9 Å². The van der Waals surface area contributed by atoms with Gasteiger partial charge in [0.05, 0.1) is 11.0 Å². The molecule has 4 heterocycles. The van der Waals surface area contributed by atoms with Gasteiger partial charge in [-0.3, -0.25) is 0 Å². The molecule has 9 rings (SSSR count). The third kappa shape index (κ3) is 3.08. The van der Waals surface area contributed by atoms with Crippen LogP contribution in [0.5, 0.6) is 5.75 Å². The van der Waals surface area contributed by atoms with Crippen LogP contribution in [-0.2, 0) is 0 Å². The standard InChI is InChI=1S/C37H26N2O3/c1-20-4-8-23(9-5-20)38-30-16-21(2)6-14-26(30)36-35(38)29-18-31-28(19-33(29)42-36)37-34(27-15-7-22(3)17-32(27)41-37)39(31)24-10-12-25(40)13-11-24/h4-19,40H,1-3H3. The first-order valence-corrected chi connectivity index (χ1v) is 14.2. The molecule has 0 amide bonds. The molecule has 0 aliphatic heterocycles. The average Bonchev–Trinajstić information content (AvgIpc) is 3.69. The maximum Gasteiger partial charge on any atom is 0.161 e. The molecule has 5 nitrogen and oxygen atoms in total. The van der Waals surface area contributed by atoms with E-state index in [1.807, 2.05) is 12.1 Å². The SMILES string of the molecule is Cc1ccc(-n2c3cc(C)ccc3c3oc4cc5c6oc7cc(C)ccc7c6n(-c6ccc(O)cc6)c5cc4c32)cc1. The summed E-state index contributed by atoms with van der Waals surface area (Å²) in [6.45, 7) is 6.31. The number of hydrogen-bond donors (Lipinski definition) is 1. The molecule has 0 saturated heterocycles. The van der Waals surface area contributed by atoms with Crippen molar-refractivity contribution >= 4 is 65.9 Å². The van der Waals surface area contributed by atoms with Crippen molar-refractivity contribution in [3.8, 4) is 17.1 Å². The van der Waals surface area contributed by atoms with Gasteiger partial charge in [-0.25, -0.2) is 0 Å². The minimum atomic E-state index is 0.232. The summed E-state index contributed by atoms with van der Waals surface area (Å²) >= 11 is 0. The summed E-state index contributed by atoms with van der Waals surface area (Å²) in [4.78, 5) is 0. The Bertz CT molecular complexity index is 2540. The van der Waals surface area contributed by atoms with E-state index in [0.717, 1.165) is 82.9 Å². The van der Waals surface area contributed by atoms with Gasteiger partial charge in [0.25, 0.3) is 0 Å². The highest BCUT2D eigenvalue weighted by molar-refractivity contribution is 6.23. The molecule has 0 aliphatic carbocycles. The molecule has 0 spiro atoms. The number of aryl methyl sites for hydroxylation is 3. The molecule has 9 aromatic rings. The van der Waals surface area contributed by atoms with Crippen LogP contribution in [0.15, 0.2) is 106 Å². The summed E-state index contributed by atoms with van der Waals surface area (Å²) in [5.74, 6) is 0.232. The maximum atomic E-state index is 10.1. The largest absolute Gasteiger partial charge is 0.508 e. The quantitative estimate of drug-likeness (QED) is 0.235. The van der Waals surface area contributed by atoms with Gasteiger partial charge in [0.15, 0.2) is 11.2 Å². The predicted molar refractivity (Wildman–Crippen MR) is 171 cm³/mol. The van der Waals surface area contributed by atoms with Crippen LogP contribution in [0.25, 0.3) is 77.3 Å². The lowest BCUT2D eigenvalue weighted by Crippen LogP contribution is -1.95. The zero-order valence-electron chi connectivity index (χ0n) is 23.4. The van der Waals surface area contributed by atoms with Crippen molar-refractivity contribution in [3.05, 3.63) is 114 Å². The Morgan fingerprint density at radius 3 is 1.71 bits per heavy atom. The van der Waals surface area contributed by atoms with Crippen LogP contribution < -0.4 is 0 Å². The number of hydrogen-bond acceptors (Lipinski definition) is 3. The lowest BCUT2D eigenvalue weighted by atomic mass is 10.1. The van der Waals surface area contributed by atoms with E-state index in [9.17, 15) is 5.11 Å². The number of rotatable bonds is 2. The van der Waals surface area contributed by atoms with E-state index in [-0.39, 0.29) is 5.75 Å². The van der Waals surface area contributed by atoms with Crippen molar-refractivity contribution in [2.24, 2.45) is 0 Å². The molecule has 4 aromatic heterocycles. The van der Waals surface area contributed by atoms with Gasteiger partial charge in [-0.1, -0.05) is 29.8 Å². The Kier molecular flexibility index (Phi) is 4.48. The highest BCUT2D eigenvalue weighted by Crippen LogP contribution is 2.44. The van der Waals surface area contributed by atoms with Gasteiger partial charge in [-0.2, -0.15) is 0 Å². The van der Waals surface area contributed by atoms with Crippen LogP contribution in [0, 0.1) is 20.8 Å². The van der Waals surface area contributed by atoms with Crippen LogP contribution in [0.2, 0.25) is 0 Å². The third-order valence-electron chi connectivity index (χ3n) is 8.57. The lowest BCUT2D eigenvalue weighted by Gasteiger charge is -2.10. The number of fused-ring (bicyclic) bond motifs is 10. The molecular weight excluding hydrogens is 520 g/mol. The lowest BCUT2D eigenvalue weighted by molar-refractivity contribution is 0.475. The fourth-order valence-corrected chi connectivity index (χ4v) is 6.58. The number of benzene rings is 5. The van der Waals surface area contributed by atoms with Crippen LogP contribution >= 0.6 is 0 Å². The zero-order valence-corrected chi connectivity index (χ0v) is 23.4. The number of furan rings is 2. The monoisotopic (exact) mass is 546 g/mol. The predicted octanol–water partition coefficient (Wildman–Crippen LogP) is 10.0. The summed E-state index contributed by atoms with van der Waals surface area (Å²) in [6.07, 6.45) is 0. The first-order chi connectivity index (χ1) is 20.4. The molecule has 5 heteroatoms.